The van der Waals surface area contributed by atoms with Crippen LogP contribution in [-0.4, -0.2) is 4.57 Å². The van der Waals surface area contributed by atoms with Gasteiger partial charge in [0.15, 0.2) is 0 Å². The van der Waals surface area contributed by atoms with E-state index in [1.165, 1.54) is 60.9 Å². The molecule has 1 aromatic heterocycles. The van der Waals surface area contributed by atoms with Crippen LogP contribution in [0.25, 0.3) is 49.7 Å². The van der Waals surface area contributed by atoms with Gasteiger partial charge in [-0.1, -0.05) is 111 Å². The van der Waals surface area contributed by atoms with Crippen molar-refractivity contribution >= 4 is 33.2 Å². The van der Waals surface area contributed by atoms with Crippen LogP contribution < -0.4 is 5.32 Å². The van der Waals surface area contributed by atoms with Crippen LogP contribution in [0.1, 0.15) is 25.0 Å². The molecule has 0 saturated carbocycles. The summed E-state index contributed by atoms with van der Waals surface area (Å²) in [5, 5.41) is 6.28. The third-order valence-corrected chi connectivity index (χ3v) is 8.79. The Morgan fingerprint density at radius 1 is 0.537 bits per heavy atom. The lowest BCUT2D eigenvalue weighted by molar-refractivity contribution is 0.660. The summed E-state index contributed by atoms with van der Waals surface area (Å²) >= 11 is 0. The minimum Gasteiger partial charge on any atom is -0.355 e. The molecule has 196 valence electrons. The van der Waals surface area contributed by atoms with Crippen LogP contribution >= 0.6 is 0 Å². The Morgan fingerprint density at radius 2 is 1.22 bits per heavy atom. The molecule has 1 aliphatic rings. The first-order chi connectivity index (χ1) is 20.1. The van der Waals surface area contributed by atoms with E-state index in [1.54, 1.807) is 0 Å². The largest absolute Gasteiger partial charge is 0.355 e. The van der Waals surface area contributed by atoms with Gasteiger partial charge in [0.1, 0.15) is 0 Å². The molecule has 7 aromatic rings. The standard InChI is InChI=1S/C39H30N2/c1-39(2)33-15-8-6-14-32(33)38-34(39)16-10-17-35(38)40-28-22-19-26(20-23-28)27-21-24-31-30-13-7-9-18-36(30)41(37(31)25-27)29-11-4-3-5-12-29/h3-25,40H,1-2H3. The molecule has 0 bridgehead atoms. The van der Waals surface area contributed by atoms with Crippen LogP contribution in [0.2, 0.25) is 0 Å². The van der Waals surface area contributed by atoms with Crippen LogP contribution in [0.5, 0.6) is 0 Å². The Labute approximate surface area is 240 Å². The third kappa shape index (κ3) is 3.64. The van der Waals surface area contributed by atoms with Crippen molar-refractivity contribution in [2.24, 2.45) is 0 Å². The molecule has 6 aromatic carbocycles. The summed E-state index contributed by atoms with van der Waals surface area (Å²) in [5.74, 6) is 0. The van der Waals surface area contributed by atoms with E-state index < -0.39 is 0 Å². The Kier molecular flexibility index (Phi) is 5.20. The number of hydrogen-bond donors (Lipinski definition) is 1. The maximum Gasteiger partial charge on any atom is 0.0547 e. The predicted molar refractivity (Wildman–Crippen MR) is 174 cm³/mol. The third-order valence-electron chi connectivity index (χ3n) is 8.79. The maximum atomic E-state index is 3.74. The number of nitrogens with zero attached hydrogens (tertiary/aromatic N) is 1. The molecule has 0 fully saturated rings. The highest BCUT2D eigenvalue weighted by Crippen LogP contribution is 2.51. The average molecular weight is 527 g/mol. The Hall–Kier alpha value is -5.08. The van der Waals surface area contributed by atoms with Crippen LogP contribution in [-0.2, 0) is 5.41 Å². The number of para-hydroxylation sites is 2. The van der Waals surface area contributed by atoms with Gasteiger partial charge < -0.3 is 9.88 Å². The fourth-order valence-corrected chi connectivity index (χ4v) is 6.77. The molecule has 0 aliphatic heterocycles. The van der Waals surface area contributed by atoms with Gasteiger partial charge in [-0.25, -0.2) is 0 Å². The molecule has 2 nitrogen and oxygen atoms in total. The summed E-state index contributed by atoms with van der Waals surface area (Å²) in [7, 11) is 0. The first-order valence-electron chi connectivity index (χ1n) is 14.3. The highest BCUT2D eigenvalue weighted by Gasteiger charge is 2.36. The second-order valence-corrected chi connectivity index (χ2v) is 11.5. The number of nitrogens with one attached hydrogen (secondary N) is 1. The van der Waals surface area contributed by atoms with Gasteiger partial charge in [0.05, 0.1) is 11.0 Å². The van der Waals surface area contributed by atoms with Gasteiger partial charge in [-0.15, -0.1) is 0 Å². The van der Waals surface area contributed by atoms with E-state index in [9.17, 15) is 0 Å². The van der Waals surface area contributed by atoms with Crippen LogP contribution in [0.3, 0.4) is 0 Å². The first-order valence-corrected chi connectivity index (χ1v) is 14.3. The number of aromatic nitrogens is 1. The van der Waals surface area contributed by atoms with Gasteiger partial charge in [0, 0.05) is 38.8 Å². The first kappa shape index (κ1) is 23.8. The number of hydrogen-bond acceptors (Lipinski definition) is 1. The molecule has 41 heavy (non-hydrogen) atoms. The summed E-state index contributed by atoms with van der Waals surface area (Å²) in [4.78, 5) is 0. The fourth-order valence-electron chi connectivity index (χ4n) is 6.77. The van der Waals surface area contributed by atoms with Gasteiger partial charge in [0.2, 0.25) is 0 Å². The van der Waals surface area contributed by atoms with Crippen molar-refractivity contribution in [3.63, 3.8) is 0 Å². The van der Waals surface area contributed by atoms with Gasteiger partial charge in [-0.3, -0.25) is 0 Å². The summed E-state index contributed by atoms with van der Waals surface area (Å²) in [6.45, 7) is 4.65. The monoisotopic (exact) mass is 526 g/mol. The molecule has 0 unspecified atom stereocenters. The van der Waals surface area contributed by atoms with E-state index in [-0.39, 0.29) is 5.41 Å². The van der Waals surface area contributed by atoms with E-state index >= 15 is 0 Å². The van der Waals surface area contributed by atoms with Crippen molar-refractivity contribution in [2.75, 3.05) is 5.32 Å². The molecule has 8 rings (SSSR count). The second kappa shape index (κ2) is 8.97. The maximum absolute atomic E-state index is 3.74. The smallest absolute Gasteiger partial charge is 0.0547 e. The molecule has 2 heteroatoms. The highest BCUT2D eigenvalue weighted by atomic mass is 15.0. The molecular formula is C39H30N2. The number of anilines is 2. The van der Waals surface area contributed by atoms with Crippen molar-refractivity contribution in [1.29, 1.82) is 0 Å². The lowest BCUT2D eigenvalue weighted by atomic mass is 9.82. The molecule has 0 atom stereocenters. The second-order valence-electron chi connectivity index (χ2n) is 11.5. The molecular weight excluding hydrogens is 496 g/mol. The van der Waals surface area contributed by atoms with Gasteiger partial charge in [-0.2, -0.15) is 0 Å². The van der Waals surface area contributed by atoms with E-state index in [0.29, 0.717) is 0 Å². The summed E-state index contributed by atoms with van der Waals surface area (Å²) in [6, 6.07) is 50.4. The normalized spacial score (nSPS) is 13.3. The summed E-state index contributed by atoms with van der Waals surface area (Å²) in [5.41, 5.74) is 13.7. The van der Waals surface area contributed by atoms with Crippen LogP contribution in [0.15, 0.2) is 140 Å². The van der Waals surface area contributed by atoms with Gasteiger partial charge >= 0.3 is 0 Å². The number of benzene rings is 6. The molecule has 0 spiro atoms. The van der Waals surface area contributed by atoms with Crippen LogP contribution in [0, 0.1) is 0 Å². The van der Waals surface area contributed by atoms with E-state index in [2.05, 4.69) is 163 Å². The predicted octanol–water partition coefficient (Wildman–Crippen LogP) is 10.5. The van der Waals surface area contributed by atoms with E-state index in [1.807, 2.05) is 0 Å². The average Bonchev–Trinajstić information content (AvgIpc) is 3.47. The summed E-state index contributed by atoms with van der Waals surface area (Å²) < 4.78 is 2.37. The van der Waals surface area contributed by atoms with Crippen LogP contribution in [0.4, 0.5) is 11.4 Å². The Bertz CT molecular complexity index is 2080. The van der Waals surface area contributed by atoms with Crippen molar-refractivity contribution in [1.82, 2.24) is 4.57 Å². The molecule has 1 N–H and O–H groups in total. The van der Waals surface area contributed by atoms with Crippen molar-refractivity contribution in [2.45, 2.75) is 19.3 Å². The minimum absolute atomic E-state index is 0.00562. The minimum atomic E-state index is -0.00562. The molecule has 0 amide bonds. The zero-order chi connectivity index (χ0) is 27.6. The van der Waals surface area contributed by atoms with Gasteiger partial charge in [0.25, 0.3) is 0 Å². The SMILES string of the molecule is CC1(C)c2ccccc2-c2c(Nc3ccc(-c4ccc5c6ccccc6n(-c6ccccc6)c5c4)cc3)cccc21. The Morgan fingerprint density at radius 3 is 2.07 bits per heavy atom. The van der Waals surface area contributed by atoms with Crippen molar-refractivity contribution < 1.29 is 0 Å². The molecule has 1 heterocycles. The van der Waals surface area contributed by atoms with Crippen molar-refractivity contribution in [3.8, 4) is 27.9 Å². The molecule has 0 radical (unpaired) electrons. The molecule has 0 saturated heterocycles. The lowest BCUT2D eigenvalue weighted by Gasteiger charge is -2.21. The lowest BCUT2D eigenvalue weighted by Crippen LogP contribution is -2.14. The fraction of sp³-hybridized carbons (Fsp3) is 0.0769. The Balaban J connectivity index is 1.17. The molecule has 1 aliphatic carbocycles. The quantitative estimate of drug-likeness (QED) is 0.241. The highest BCUT2D eigenvalue weighted by molar-refractivity contribution is 6.10. The number of rotatable bonds is 4. The van der Waals surface area contributed by atoms with Crippen molar-refractivity contribution in [3.05, 3.63) is 151 Å². The zero-order valence-electron chi connectivity index (χ0n) is 23.2. The topological polar surface area (TPSA) is 17.0 Å². The number of fused-ring (bicyclic) bond motifs is 6. The van der Waals surface area contributed by atoms with E-state index in [0.717, 1.165) is 11.4 Å². The summed E-state index contributed by atoms with van der Waals surface area (Å²) in [6.07, 6.45) is 0. The van der Waals surface area contributed by atoms with Gasteiger partial charge in [-0.05, 0) is 70.3 Å². The zero-order valence-corrected chi connectivity index (χ0v) is 23.2. The van der Waals surface area contributed by atoms with E-state index in [4.69, 9.17) is 0 Å².